The number of hydrogen-bond acceptors (Lipinski definition) is 6. The topological polar surface area (TPSA) is 85.6 Å². The molecule has 27 heavy (non-hydrogen) atoms. The molecule has 2 aromatic carbocycles. The Kier molecular flexibility index (Phi) is 5.12. The largest absolute Gasteiger partial charge is 0.325 e. The molecule has 2 aromatic heterocycles. The Morgan fingerprint density at radius 1 is 1.07 bits per heavy atom. The van der Waals surface area contributed by atoms with Crippen LogP contribution >= 0.6 is 27.7 Å². The molecule has 0 fully saturated rings. The van der Waals surface area contributed by atoms with Gasteiger partial charge in [0.05, 0.1) is 11.4 Å². The van der Waals surface area contributed by atoms with Crippen molar-refractivity contribution in [1.29, 1.82) is 0 Å². The fourth-order valence-electron chi connectivity index (χ4n) is 2.44. The summed E-state index contributed by atoms with van der Waals surface area (Å²) in [7, 11) is 0. The summed E-state index contributed by atoms with van der Waals surface area (Å²) >= 11 is 4.67. The quantitative estimate of drug-likeness (QED) is 0.376. The summed E-state index contributed by atoms with van der Waals surface area (Å²) < 4.78 is 2.61. The van der Waals surface area contributed by atoms with Crippen LogP contribution in [0.3, 0.4) is 0 Å². The zero-order chi connectivity index (χ0) is 18.6. The van der Waals surface area contributed by atoms with Gasteiger partial charge in [-0.2, -0.15) is 4.68 Å². The van der Waals surface area contributed by atoms with E-state index in [1.54, 1.807) is 4.68 Å². The normalized spacial score (nSPS) is 10.9. The number of nitrogens with zero attached hydrogens (tertiary/aromatic N) is 5. The first-order valence-electron chi connectivity index (χ1n) is 8.01. The third-order valence-electron chi connectivity index (χ3n) is 3.67. The zero-order valence-corrected chi connectivity index (χ0v) is 16.3. The van der Waals surface area contributed by atoms with E-state index in [0.29, 0.717) is 16.2 Å². The van der Waals surface area contributed by atoms with Crippen molar-refractivity contribution in [3.8, 4) is 5.69 Å². The molecule has 0 unspecified atom stereocenters. The van der Waals surface area contributed by atoms with Crippen molar-refractivity contribution < 1.29 is 4.79 Å². The minimum Gasteiger partial charge on any atom is -0.325 e. The van der Waals surface area contributed by atoms with Crippen molar-refractivity contribution in [3.63, 3.8) is 0 Å². The lowest BCUT2D eigenvalue weighted by molar-refractivity contribution is -0.113. The smallest absolute Gasteiger partial charge is 0.234 e. The standard InChI is InChI=1S/C18H13BrN6OS/c19-12-6-8-13(9-7-12)22-15(26)10-27-18-16-17(20-11-21-18)25(24-23-16)14-4-2-1-3-5-14/h1-9,11H,10H2,(H,22,26). The average Bonchev–Trinajstić information content (AvgIpc) is 3.13. The van der Waals surface area contributed by atoms with E-state index in [2.05, 4.69) is 41.5 Å². The highest BCUT2D eigenvalue weighted by Gasteiger charge is 2.14. The number of para-hydroxylation sites is 1. The Morgan fingerprint density at radius 3 is 2.63 bits per heavy atom. The maximum Gasteiger partial charge on any atom is 0.234 e. The molecule has 0 radical (unpaired) electrons. The second-order valence-corrected chi connectivity index (χ2v) is 7.41. The summed E-state index contributed by atoms with van der Waals surface area (Å²) in [5.41, 5.74) is 2.78. The molecule has 2 heterocycles. The van der Waals surface area contributed by atoms with Crippen LogP contribution in [0, 0.1) is 0 Å². The van der Waals surface area contributed by atoms with Gasteiger partial charge in [0, 0.05) is 10.2 Å². The number of halogens is 1. The fraction of sp³-hybridized carbons (Fsp3) is 0.0556. The number of amides is 1. The molecular formula is C18H13BrN6OS. The van der Waals surface area contributed by atoms with Crippen LogP contribution in [0.5, 0.6) is 0 Å². The molecule has 0 spiro atoms. The Morgan fingerprint density at radius 2 is 1.85 bits per heavy atom. The van der Waals surface area contributed by atoms with Gasteiger partial charge in [-0.05, 0) is 36.4 Å². The lowest BCUT2D eigenvalue weighted by atomic mass is 10.3. The van der Waals surface area contributed by atoms with Gasteiger partial charge in [0.2, 0.25) is 5.91 Å². The third-order valence-corrected chi connectivity index (χ3v) is 5.18. The number of carbonyl (C=O) groups excluding carboxylic acids is 1. The number of nitrogens with one attached hydrogen (secondary N) is 1. The number of rotatable bonds is 5. The van der Waals surface area contributed by atoms with Gasteiger partial charge in [-0.1, -0.05) is 51.1 Å². The van der Waals surface area contributed by atoms with Crippen molar-refractivity contribution >= 4 is 50.5 Å². The summed E-state index contributed by atoms with van der Waals surface area (Å²) in [5, 5.41) is 11.8. The SMILES string of the molecule is O=C(CSc1ncnc2c1nnn2-c1ccccc1)Nc1ccc(Br)cc1. The van der Waals surface area contributed by atoms with E-state index in [4.69, 9.17) is 0 Å². The van der Waals surface area contributed by atoms with Crippen LogP contribution in [0.4, 0.5) is 5.69 Å². The van der Waals surface area contributed by atoms with Crippen molar-refractivity contribution in [1.82, 2.24) is 25.0 Å². The minimum absolute atomic E-state index is 0.121. The van der Waals surface area contributed by atoms with E-state index in [9.17, 15) is 4.79 Å². The van der Waals surface area contributed by atoms with E-state index < -0.39 is 0 Å². The maximum atomic E-state index is 12.2. The Bertz CT molecular complexity index is 1080. The van der Waals surface area contributed by atoms with Crippen LogP contribution in [0.25, 0.3) is 16.9 Å². The molecule has 0 aliphatic rings. The third kappa shape index (κ3) is 3.99. The molecule has 0 saturated heterocycles. The number of hydrogen-bond donors (Lipinski definition) is 1. The van der Waals surface area contributed by atoms with Crippen LogP contribution in [0.1, 0.15) is 0 Å². The highest BCUT2D eigenvalue weighted by atomic mass is 79.9. The van der Waals surface area contributed by atoms with Crippen LogP contribution in [0.15, 0.2) is 70.4 Å². The summed E-state index contributed by atoms with van der Waals surface area (Å²) in [4.78, 5) is 20.7. The molecule has 1 N–H and O–H groups in total. The van der Waals surface area contributed by atoms with Crippen LogP contribution < -0.4 is 5.32 Å². The van der Waals surface area contributed by atoms with E-state index in [1.807, 2.05) is 54.6 Å². The van der Waals surface area contributed by atoms with Gasteiger partial charge in [0.25, 0.3) is 0 Å². The second-order valence-electron chi connectivity index (χ2n) is 5.53. The molecule has 1 amide bonds. The summed E-state index contributed by atoms with van der Waals surface area (Å²) in [6, 6.07) is 17.0. The van der Waals surface area contributed by atoms with Crippen molar-refractivity contribution in [3.05, 3.63) is 65.4 Å². The van der Waals surface area contributed by atoms with Gasteiger partial charge in [0.1, 0.15) is 11.4 Å². The van der Waals surface area contributed by atoms with Crippen LogP contribution in [-0.4, -0.2) is 36.6 Å². The summed E-state index contributed by atoms with van der Waals surface area (Å²) in [5.74, 6) is 0.0879. The van der Waals surface area contributed by atoms with Crippen molar-refractivity contribution in [2.45, 2.75) is 5.03 Å². The molecule has 4 rings (SSSR count). The van der Waals surface area contributed by atoms with Gasteiger partial charge in [0.15, 0.2) is 11.2 Å². The Balaban J connectivity index is 1.50. The van der Waals surface area contributed by atoms with Gasteiger partial charge < -0.3 is 5.32 Å². The highest BCUT2D eigenvalue weighted by Crippen LogP contribution is 2.24. The number of fused-ring (bicyclic) bond motifs is 1. The number of carbonyl (C=O) groups is 1. The molecular weight excluding hydrogens is 428 g/mol. The van der Waals surface area contributed by atoms with E-state index >= 15 is 0 Å². The van der Waals surface area contributed by atoms with E-state index in [-0.39, 0.29) is 11.7 Å². The monoisotopic (exact) mass is 440 g/mol. The predicted molar refractivity (Wildman–Crippen MR) is 108 cm³/mol. The summed E-state index contributed by atoms with van der Waals surface area (Å²) in [6.45, 7) is 0. The molecule has 7 nitrogen and oxygen atoms in total. The first kappa shape index (κ1) is 17.6. The first-order valence-corrected chi connectivity index (χ1v) is 9.78. The molecule has 0 saturated carbocycles. The number of anilines is 1. The highest BCUT2D eigenvalue weighted by molar-refractivity contribution is 9.10. The van der Waals surface area contributed by atoms with E-state index in [1.165, 1.54) is 18.1 Å². The lowest BCUT2D eigenvalue weighted by Gasteiger charge is -2.05. The van der Waals surface area contributed by atoms with Crippen molar-refractivity contribution in [2.75, 3.05) is 11.1 Å². The van der Waals surface area contributed by atoms with Gasteiger partial charge in [-0.25, -0.2) is 9.97 Å². The molecule has 134 valence electrons. The molecule has 0 bridgehead atoms. The van der Waals surface area contributed by atoms with E-state index in [0.717, 1.165) is 15.8 Å². The second kappa shape index (κ2) is 7.85. The van der Waals surface area contributed by atoms with Crippen LogP contribution in [0.2, 0.25) is 0 Å². The zero-order valence-electron chi connectivity index (χ0n) is 13.9. The molecule has 0 atom stereocenters. The molecule has 0 aliphatic heterocycles. The Labute approximate surface area is 167 Å². The van der Waals surface area contributed by atoms with Crippen LogP contribution in [-0.2, 0) is 4.79 Å². The molecule has 0 aliphatic carbocycles. The molecule has 4 aromatic rings. The van der Waals surface area contributed by atoms with Gasteiger partial charge in [-0.3, -0.25) is 4.79 Å². The summed E-state index contributed by atoms with van der Waals surface area (Å²) in [6.07, 6.45) is 1.46. The van der Waals surface area contributed by atoms with Gasteiger partial charge >= 0.3 is 0 Å². The first-order chi connectivity index (χ1) is 13.2. The fourth-order valence-corrected chi connectivity index (χ4v) is 3.44. The van der Waals surface area contributed by atoms with Gasteiger partial charge in [-0.15, -0.1) is 5.10 Å². The lowest BCUT2D eigenvalue weighted by Crippen LogP contribution is -2.14. The Hall–Kier alpha value is -2.78. The predicted octanol–water partition coefficient (Wildman–Crippen LogP) is 3.70. The average molecular weight is 441 g/mol. The minimum atomic E-state index is -0.121. The number of aromatic nitrogens is 5. The molecule has 9 heteroatoms. The number of thioether (sulfide) groups is 1. The van der Waals surface area contributed by atoms with Crippen molar-refractivity contribution in [2.24, 2.45) is 0 Å². The maximum absolute atomic E-state index is 12.2. The number of benzene rings is 2.